The van der Waals surface area contributed by atoms with E-state index in [1.54, 1.807) is 0 Å². The van der Waals surface area contributed by atoms with Crippen molar-refractivity contribution in [2.45, 2.75) is 64.3 Å². The molecule has 0 spiro atoms. The van der Waals surface area contributed by atoms with Gasteiger partial charge in [-0.2, -0.15) is 0 Å². The highest BCUT2D eigenvalue weighted by Gasteiger charge is 2.54. The molecule has 1 aromatic carbocycles. The lowest BCUT2D eigenvalue weighted by Crippen LogP contribution is -2.55. The van der Waals surface area contributed by atoms with E-state index >= 15 is 0 Å². The zero-order valence-corrected chi connectivity index (χ0v) is 18.8. The molecule has 0 unspecified atom stereocenters. The summed E-state index contributed by atoms with van der Waals surface area (Å²) in [6.45, 7) is 11.1. The molecule has 3 saturated carbocycles. The Kier molecular flexibility index (Phi) is 4.72. The molecule has 1 aromatic heterocycles. The highest BCUT2D eigenvalue weighted by Crippen LogP contribution is 2.61. The summed E-state index contributed by atoms with van der Waals surface area (Å²) in [5.74, 6) is 4.85. The number of hydrogen-bond acceptors (Lipinski definition) is 3. The van der Waals surface area contributed by atoms with Gasteiger partial charge >= 0.3 is 0 Å². The molecule has 0 radical (unpaired) electrons. The second-order valence-corrected chi connectivity index (χ2v) is 11.2. The second-order valence-electron chi connectivity index (χ2n) is 11.2. The zero-order valence-electron chi connectivity index (χ0n) is 18.8. The van der Waals surface area contributed by atoms with Crippen LogP contribution in [-0.2, 0) is 0 Å². The standard InChI is InChI=1S/C26H38N4/c1-26(2)20-8-7-19(22(26)15-20)17-29-13-10-21(11-14-29)30-24-6-4-3-5-23(24)28-25(30)18-9-12-27-16-18/h3-6,18-22,27H,7-17H2,1-2H3/t18-,19+,20+,22-/m1/s1. The van der Waals surface area contributed by atoms with Gasteiger partial charge in [0.1, 0.15) is 5.82 Å². The maximum Gasteiger partial charge on any atom is 0.114 e. The molecule has 7 rings (SSSR count). The van der Waals surface area contributed by atoms with Crippen molar-refractivity contribution >= 4 is 11.0 Å². The van der Waals surface area contributed by atoms with Crippen molar-refractivity contribution in [1.29, 1.82) is 0 Å². The van der Waals surface area contributed by atoms with Gasteiger partial charge in [0.25, 0.3) is 0 Å². The predicted molar refractivity (Wildman–Crippen MR) is 123 cm³/mol. The molecule has 4 nitrogen and oxygen atoms in total. The van der Waals surface area contributed by atoms with Crippen LogP contribution in [0.15, 0.2) is 24.3 Å². The molecule has 2 aromatic rings. The minimum absolute atomic E-state index is 0.575. The predicted octanol–water partition coefficient (Wildman–Crippen LogP) is 4.82. The quantitative estimate of drug-likeness (QED) is 0.790. The summed E-state index contributed by atoms with van der Waals surface area (Å²) in [5, 5.41) is 3.55. The van der Waals surface area contributed by atoms with E-state index in [0.717, 1.165) is 30.8 Å². The Morgan fingerprint density at radius 2 is 1.90 bits per heavy atom. The number of hydrogen-bond donors (Lipinski definition) is 1. The van der Waals surface area contributed by atoms with Gasteiger partial charge in [0, 0.05) is 38.1 Å². The molecule has 3 aliphatic carbocycles. The van der Waals surface area contributed by atoms with Crippen LogP contribution in [0.3, 0.4) is 0 Å². The van der Waals surface area contributed by atoms with Crippen LogP contribution in [-0.4, -0.2) is 47.2 Å². The number of nitrogens with one attached hydrogen (secondary N) is 1. The molecule has 3 heterocycles. The van der Waals surface area contributed by atoms with Crippen LogP contribution >= 0.6 is 0 Å². The Bertz CT molecular complexity index is 899. The number of fused-ring (bicyclic) bond motifs is 3. The molecule has 30 heavy (non-hydrogen) atoms. The first kappa shape index (κ1) is 19.3. The fourth-order valence-corrected chi connectivity index (χ4v) is 7.48. The van der Waals surface area contributed by atoms with Gasteiger partial charge in [-0.3, -0.25) is 0 Å². The minimum Gasteiger partial charge on any atom is -0.324 e. The van der Waals surface area contributed by atoms with E-state index in [1.807, 2.05) is 0 Å². The monoisotopic (exact) mass is 406 g/mol. The van der Waals surface area contributed by atoms with E-state index in [0.29, 0.717) is 17.4 Å². The summed E-state index contributed by atoms with van der Waals surface area (Å²) in [6, 6.07) is 9.42. The summed E-state index contributed by atoms with van der Waals surface area (Å²) in [7, 11) is 0. The number of para-hydroxylation sites is 2. The van der Waals surface area contributed by atoms with E-state index < -0.39 is 0 Å². The Labute approximate surface area is 181 Å². The highest BCUT2D eigenvalue weighted by atomic mass is 15.2. The topological polar surface area (TPSA) is 33.1 Å². The zero-order chi connectivity index (χ0) is 20.3. The van der Waals surface area contributed by atoms with Crippen molar-refractivity contribution in [1.82, 2.24) is 19.8 Å². The summed E-state index contributed by atoms with van der Waals surface area (Å²) < 4.78 is 2.64. The number of piperidine rings is 1. The SMILES string of the molecule is CC1(C)[C@H]2CC[C@@H](CN3CCC(n4c([C@@H]5CCNC5)nc5ccccc54)CC3)[C@H]1C2. The van der Waals surface area contributed by atoms with Crippen LogP contribution in [0.25, 0.3) is 11.0 Å². The van der Waals surface area contributed by atoms with E-state index in [2.05, 4.69) is 52.9 Å². The number of likely N-dealkylation sites (tertiary alicyclic amines) is 1. The number of imidazole rings is 1. The van der Waals surface area contributed by atoms with E-state index in [1.165, 1.54) is 75.0 Å². The van der Waals surface area contributed by atoms with Crippen molar-refractivity contribution in [3.63, 3.8) is 0 Å². The first-order chi connectivity index (χ1) is 14.6. The molecule has 5 fully saturated rings. The van der Waals surface area contributed by atoms with Gasteiger partial charge in [-0.15, -0.1) is 0 Å². The van der Waals surface area contributed by atoms with Crippen LogP contribution in [0.5, 0.6) is 0 Å². The van der Waals surface area contributed by atoms with Crippen molar-refractivity contribution in [3.05, 3.63) is 30.1 Å². The summed E-state index contributed by atoms with van der Waals surface area (Å²) >= 11 is 0. The number of nitrogens with zero attached hydrogens (tertiary/aromatic N) is 3. The average molecular weight is 407 g/mol. The number of benzene rings is 1. The maximum atomic E-state index is 5.12. The highest BCUT2D eigenvalue weighted by molar-refractivity contribution is 5.76. The smallest absolute Gasteiger partial charge is 0.114 e. The fraction of sp³-hybridized carbons (Fsp3) is 0.731. The van der Waals surface area contributed by atoms with Gasteiger partial charge in [-0.1, -0.05) is 26.0 Å². The molecular formula is C26H38N4. The van der Waals surface area contributed by atoms with Crippen LogP contribution < -0.4 is 5.32 Å². The Balaban J connectivity index is 1.17. The molecule has 4 heteroatoms. The lowest BCUT2D eigenvalue weighted by atomic mass is 9.45. The van der Waals surface area contributed by atoms with Gasteiger partial charge < -0.3 is 14.8 Å². The largest absolute Gasteiger partial charge is 0.324 e. The van der Waals surface area contributed by atoms with Crippen molar-refractivity contribution < 1.29 is 0 Å². The van der Waals surface area contributed by atoms with Gasteiger partial charge in [-0.25, -0.2) is 4.98 Å². The second kappa shape index (κ2) is 7.34. The Morgan fingerprint density at radius 1 is 1.07 bits per heavy atom. The number of rotatable bonds is 4. The van der Waals surface area contributed by atoms with Crippen molar-refractivity contribution in [3.8, 4) is 0 Å². The van der Waals surface area contributed by atoms with Crippen molar-refractivity contribution in [2.75, 3.05) is 32.7 Å². The molecule has 2 saturated heterocycles. The summed E-state index contributed by atoms with van der Waals surface area (Å²) in [4.78, 5) is 7.92. The van der Waals surface area contributed by atoms with Gasteiger partial charge in [0.05, 0.1) is 11.0 Å². The first-order valence-corrected chi connectivity index (χ1v) is 12.5. The molecule has 0 amide bonds. The van der Waals surface area contributed by atoms with Crippen LogP contribution in [0.4, 0.5) is 0 Å². The molecule has 2 aliphatic heterocycles. The summed E-state index contributed by atoms with van der Waals surface area (Å²) in [5.41, 5.74) is 3.15. The number of aromatic nitrogens is 2. The Hall–Kier alpha value is -1.39. The summed E-state index contributed by atoms with van der Waals surface area (Å²) in [6.07, 6.45) is 8.23. The molecule has 4 atom stereocenters. The van der Waals surface area contributed by atoms with Gasteiger partial charge in [0.2, 0.25) is 0 Å². The molecule has 2 bridgehead atoms. The van der Waals surface area contributed by atoms with E-state index in [9.17, 15) is 0 Å². The van der Waals surface area contributed by atoms with Crippen LogP contribution in [0.1, 0.15) is 70.2 Å². The molecule has 5 aliphatic rings. The minimum atomic E-state index is 0.575. The average Bonchev–Trinajstić information content (AvgIpc) is 3.42. The fourth-order valence-electron chi connectivity index (χ4n) is 7.48. The molecule has 162 valence electrons. The third kappa shape index (κ3) is 3.05. The third-order valence-electron chi connectivity index (χ3n) is 9.46. The lowest BCUT2D eigenvalue weighted by Gasteiger charge is -2.61. The van der Waals surface area contributed by atoms with Crippen LogP contribution in [0.2, 0.25) is 0 Å². The van der Waals surface area contributed by atoms with Crippen LogP contribution in [0, 0.1) is 23.2 Å². The van der Waals surface area contributed by atoms with Gasteiger partial charge in [-0.05, 0) is 80.4 Å². The third-order valence-corrected chi connectivity index (χ3v) is 9.46. The van der Waals surface area contributed by atoms with E-state index in [4.69, 9.17) is 4.98 Å². The maximum absolute atomic E-state index is 5.12. The molecular weight excluding hydrogens is 368 g/mol. The normalized spacial score (nSPS) is 34.3. The molecule has 1 N–H and O–H groups in total. The Morgan fingerprint density at radius 3 is 2.63 bits per heavy atom. The van der Waals surface area contributed by atoms with Crippen molar-refractivity contribution in [2.24, 2.45) is 23.2 Å². The lowest BCUT2D eigenvalue weighted by molar-refractivity contribution is -0.112. The van der Waals surface area contributed by atoms with E-state index in [-0.39, 0.29) is 0 Å². The van der Waals surface area contributed by atoms with Gasteiger partial charge in [0.15, 0.2) is 0 Å². The first-order valence-electron chi connectivity index (χ1n) is 12.5.